The third-order valence-electron chi connectivity index (χ3n) is 3.87. The Morgan fingerprint density at radius 2 is 2.00 bits per heavy atom. The van der Waals surface area contributed by atoms with E-state index in [9.17, 15) is 9.59 Å². The van der Waals surface area contributed by atoms with Crippen molar-refractivity contribution in [3.8, 4) is 11.5 Å². The summed E-state index contributed by atoms with van der Waals surface area (Å²) in [7, 11) is 0. The second kappa shape index (κ2) is 7.17. The molecule has 2 aromatic carbocycles. The predicted octanol–water partition coefficient (Wildman–Crippen LogP) is 3.08. The molecule has 2 aromatic rings. The number of hydrogen-bond acceptors (Lipinski definition) is 4. The van der Waals surface area contributed by atoms with Crippen molar-refractivity contribution in [2.45, 2.75) is 19.4 Å². The van der Waals surface area contributed by atoms with E-state index >= 15 is 0 Å². The predicted molar refractivity (Wildman–Crippen MR) is 90.8 cm³/mol. The molecule has 0 radical (unpaired) electrons. The van der Waals surface area contributed by atoms with Crippen molar-refractivity contribution < 1.29 is 19.1 Å². The Morgan fingerprint density at radius 1 is 1.21 bits per heavy atom. The fourth-order valence-corrected chi connectivity index (χ4v) is 2.66. The van der Waals surface area contributed by atoms with Crippen molar-refractivity contribution in [3.05, 3.63) is 54.1 Å². The van der Waals surface area contributed by atoms with Crippen LogP contribution < -0.4 is 14.4 Å². The lowest BCUT2D eigenvalue weighted by atomic mass is 10.1. The number of para-hydroxylation sites is 1. The van der Waals surface area contributed by atoms with E-state index in [-0.39, 0.29) is 5.91 Å². The van der Waals surface area contributed by atoms with Gasteiger partial charge in [-0.3, -0.25) is 9.59 Å². The molecule has 1 aliphatic rings. The zero-order valence-corrected chi connectivity index (χ0v) is 13.5. The largest absolute Gasteiger partial charge is 0.494 e. The van der Waals surface area contributed by atoms with Gasteiger partial charge >= 0.3 is 0 Å². The first-order valence-electron chi connectivity index (χ1n) is 7.94. The van der Waals surface area contributed by atoms with Crippen LogP contribution in [-0.2, 0) is 4.79 Å². The lowest BCUT2D eigenvalue weighted by Gasteiger charge is -2.33. The zero-order valence-electron chi connectivity index (χ0n) is 13.5. The molecule has 24 heavy (non-hydrogen) atoms. The van der Waals surface area contributed by atoms with Gasteiger partial charge in [0.2, 0.25) is 0 Å². The first kappa shape index (κ1) is 16.1. The summed E-state index contributed by atoms with van der Waals surface area (Å²) in [5.41, 5.74) is 1.16. The molecule has 0 saturated carbocycles. The van der Waals surface area contributed by atoms with E-state index in [1.54, 1.807) is 30.0 Å². The van der Waals surface area contributed by atoms with Gasteiger partial charge in [-0.25, -0.2) is 0 Å². The van der Waals surface area contributed by atoms with E-state index < -0.39 is 6.10 Å². The highest BCUT2D eigenvalue weighted by Gasteiger charge is 2.31. The zero-order chi connectivity index (χ0) is 16.9. The van der Waals surface area contributed by atoms with Crippen molar-refractivity contribution >= 4 is 17.9 Å². The molecule has 1 unspecified atom stereocenters. The van der Waals surface area contributed by atoms with Crippen molar-refractivity contribution in [1.29, 1.82) is 0 Å². The maximum atomic E-state index is 12.4. The number of rotatable bonds is 6. The third kappa shape index (κ3) is 3.40. The number of benzene rings is 2. The normalized spacial score (nSPS) is 16.3. The van der Waals surface area contributed by atoms with Gasteiger partial charge in [-0.05, 0) is 43.7 Å². The average molecular weight is 325 g/mol. The van der Waals surface area contributed by atoms with Gasteiger partial charge in [-0.2, -0.15) is 0 Å². The minimum Gasteiger partial charge on any atom is -0.494 e. The minimum absolute atomic E-state index is 0.106. The Hall–Kier alpha value is -2.82. The monoisotopic (exact) mass is 325 g/mol. The van der Waals surface area contributed by atoms with Crippen LogP contribution in [0.25, 0.3) is 0 Å². The van der Waals surface area contributed by atoms with Gasteiger partial charge in [0.1, 0.15) is 17.8 Å². The van der Waals surface area contributed by atoms with Gasteiger partial charge in [0.25, 0.3) is 5.91 Å². The molecule has 5 heteroatoms. The molecular formula is C19H19NO4. The molecule has 0 aromatic heterocycles. The second-order valence-electron chi connectivity index (χ2n) is 5.61. The summed E-state index contributed by atoms with van der Waals surface area (Å²) in [6, 6.07) is 14.7. The Labute approximate surface area is 140 Å². The average Bonchev–Trinajstić information content (AvgIpc) is 2.62. The van der Waals surface area contributed by atoms with Crippen molar-refractivity contribution in [1.82, 2.24) is 0 Å². The molecule has 124 valence electrons. The van der Waals surface area contributed by atoms with Gasteiger partial charge in [0, 0.05) is 12.1 Å². The number of hydrogen-bond donors (Lipinski definition) is 0. The van der Waals surface area contributed by atoms with E-state index in [4.69, 9.17) is 9.47 Å². The molecule has 0 bridgehead atoms. The molecule has 0 N–H and O–H groups in total. The molecule has 0 aliphatic carbocycles. The second-order valence-corrected chi connectivity index (χ2v) is 5.61. The maximum absolute atomic E-state index is 12.4. The molecule has 1 aliphatic heterocycles. The lowest BCUT2D eigenvalue weighted by Crippen LogP contribution is -2.45. The van der Waals surface area contributed by atoms with Crippen molar-refractivity contribution in [2.75, 3.05) is 18.1 Å². The Kier molecular flexibility index (Phi) is 4.79. The maximum Gasteiger partial charge on any atom is 0.267 e. The van der Waals surface area contributed by atoms with Crippen LogP contribution in [0.2, 0.25) is 0 Å². The number of carbonyl (C=O) groups excluding carboxylic acids is 2. The topological polar surface area (TPSA) is 55.8 Å². The summed E-state index contributed by atoms with van der Waals surface area (Å²) in [6.45, 7) is 2.74. The molecule has 5 nitrogen and oxygen atoms in total. The molecular weight excluding hydrogens is 306 g/mol. The summed E-state index contributed by atoms with van der Waals surface area (Å²) in [5.74, 6) is 1.32. The highest BCUT2D eigenvalue weighted by atomic mass is 16.5. The van der Waals surface area contributed by atoms with Crippen LogP contribution >= 0.6 is 0 Å². The third-order valence-corrected chi connectivity index (χ3v) is 3.87. The summed E-state index contributed by atoms with van der Waals surface area (Å²) in [6.07, 6.45) is 0.909. The van der Waals surface area contributed by atoms with Crippen LogP contribution in [0, 0.1) is 0 Å². The number of anilines is 1. The van der Waals surface area contributed by atoms with Crippen LogP contribution in [0.4, 0.5) is 5.69 Å². The van der Waals surface area contributed by atoms with Crippen LogP contribution in [0.15, 0.2) is 48.5 Å². The number of aldehydes is 1. The first-order chi connectivity index (χ1) is 11.7. The van der Waals surface area contributed by atoms with Crippen LogP contribution in [-0.4, -0.2) is 31.4 Å². The molecule has 3 rings (SSSR count). The quantitative estimate of drug-likeness (QED) is 0.605. The van der Waals surface area contributed by atoms with Gasteiger partial charge in [0.05, 0.1) is 12.3 Å². The van der Waals surface area contributed by atoms with Gasteiger partial charge < -0.3 is 14.4 Å². The molecule has 0 spiro atoms. The fraction of sp³-hybridized carbons (Fsp3) is 0.263. The molecule has 0 fully saturated rings. The molecule has 0 saturated heterocycles. The Bertz CT molecular complexity index is 729. The van der Waals surface area contributed by atoms with E-state index in [1.165, 1.54) is 0 Å². The highest BCUT2D eigenvalue weighted by molar-refractivity contribution is 6.00. The smallest absolute Gasteiger partial charge is 0.267 e. The minimum atomic E-state index is -0.533. The highest BCUT2D eigenvalue weighted by Crippen LogP contribution is 2.34. The SMILES string of the molecule is CC1Oc2ccc(C=O)cc2N(CCCOc2ccccc2)C1=O. The van der Waals surface area contributed by atoms with Gasteiger partial charge in [0.15, 0.2) is 6.10 Å². The number of nitrogens with zero attached hydrogens (tertiary/aromatic N) is 1. The van der Waals surface area contributed by atoms with Gasteiger partial charge in [-0.15, -0.1) is 0 Å². The van der Waals surface area contributed by atoms with Crippen LogP contribution in [0.3, 0.4) is 0 Å². The Morgan fingerprint density at radius 3 is 2.75 bits per heavy atom. The number of ether oxygens (including phenoxy) is 2. The molecule has 1 heterocycles. The fourth-order valence-electron chi connectivity index (χ4n) is 2.66. The summed E-state index contributed by atoms with van der Waals surface area (Å²) in [4.78, 5) is 25.1. The summed E-state index contributed by atoms with van der Waals surface area (Å²) >= 11 is 0. The standard InChI is InChI=1S/C19H19NO4/c1-14-19(22)20(10-5-11-23-16-6-3-2-4-7-16)17-12-15(13-21)8-9-18(17)24-14/h2-4,6-9,12-14H,5,10-11H2,1H3. The molecule has 1 amide bonds. The van der Waals surface area contributed by atoms with Gasteiger partial charge in [-0.1, -0.05) is 18.2 Å². The van der Waals surface area contributed by atoms with Crippen molar-refractivity contribution in [2.24, 2.45) is 0 Å². The summed E-state index contributed by atoms with van der Waals surface area (Å²) in [5, 5.41) is 0. The van der Waals surface area contributed by atoms with E-state index in [0.29, 0.717) is 36.6 Å². The summed E-state index contributed by atoms with van der Waals surface area (Å²) < 4.78 is 11.3. The Balaban J connectivity index is 1.67. The van der Waals surface area contributed by atoms with E-state index in [1.807, 2.05) is 30.3 Å². The van der Waals surface area contributed by atoms with Crippen molar-refractivity contribution in [3.63, 3.8) is 0 Å². The van der Waals surface area contributed by atoms with E-state index in [2.05, 4.69) is 0 Å². The molecule has 1 atom stereocenters. The first-order valence-corrected chi connectivity index (χ1v) is 7.94. The number of fused-ring (bicyclic) bond motifs is 1. The van der Waals surface area contributed by atoms with Crippen LogP contribution in [0.1, 0.15) is 23.7 Å². The van der Waals surface area contributed by atoms with E-state index in [0.717, 1.165) is 12.0 Å². The number of carbonyl (C=O) groups is 2. The van der Waals surface area contributed by atoms with Crippen LogP contribution in [0.5, 0.6) is 11.5 Å². The lowest BCUT2D eigenvalue weighted by molar-refractivity contribution is -0.125. The number of amides is 1.